The van der Waals surface area contributed by atoms with E-state index in [1.54, 1.807) is 0 Å². The molecular formula is C9H24N6O2. The summed E-state index contributed by atoms with van der Waals surface area (Å²) in [6.07, 6.45) is -0.361. The fourth-order valence-corrected chi connectivity index (χ4v) is 0.803. The number of hydrogen-bond acceptors (Lipinski definition) is 6. The summed E-state index contributed by atoms with van der Waals surface area (Å²) in [5.41, 5.74) is 19.6. The van der Waals surface area contributed by atoms with Gasteiger partial charge in [0.15, 0.2) is 0 Å². The van der Waals surface area contributed by atoms with Crippen molar-refractivity contribution in [1.82, 2.24) is 10.6 Å². The molecule has 0 bridgehead atoms. The minimum atomic E-state index is -0.687. The van der Waals surface area contributed by atoms with Crippen LogP contribution in [-0.4, -0.2) is 51.1 Å². The van der Waals surface area contributed by atoms with Crippen molar-refractivity contribution in [3.63, 3.8) is 0 Å². The van der Waals surface area contributed by atoms with Crippen molar-refractivity contribution in [2.75, 3.05) is 39.3 Å². The quantitative estimate of drug-likeness (QED) is 0.183. The zero-order chi connectivity index (χ0) is 13.5. The van der Waals surface area contributed by atoms with Gasteiger partial charge in [0.05, 0.1) is 0 Å². The molecule has 17 heavy (non-hydrogen) atoms. The lowest BCUT2D eigenvalue weighted by Gasteiger charge is -2.03. The van der Waals surface area contributed by atoms with Gasteiger partial charge in [0.2, 0.25) is 11.8 Å². The number of rotatable bonds is 9. The second-order valence-corrected chi connectivity index (χ2v) is 3.19. The Labute approximate surface area is 101 Å². The van der Waals surface area contributed by atoms with Crippen LogP contribution in [0.15, 0.2) is 0 Å². The molecule has 0 heterocycles. The number of amides is 2. The van der Waals surface area contributed by atoms with Crippen molar-refractivity contribution in [3.05, 3.63) is 0 Å². The molecule has 0 aliphatic heterocycles. The first kappa shape index (κ1) is 18.2. The van der Waals surface area contributed by atoms with E-state index >= 15 is 0 Å². The van der Waals surface area contributed by atoms with E-state index in [0.29, 0.717) is 13.1 Å². The summed E-state index contributed by atoms with van der Waals surface area (Å²) >= 11 is 0. The number of primary amides is 2. The number of carbonyl (C=O) groups is 2. The van der Waals surface area contributed by atoms with Gasteiger partial charge in [-0.25, -0.2) is 0 Å². The fourth-order valence-electron chi connectivity index (χ4n) is 0.803. The fraction of sp³-hybridized carbons (Fsp3) is 0.778. The molecule has 0 aliphatic carbocycles. The van der Waals surface area contributed by atoms with Gasteiger partial charge in [-0.3, -0.25) is 9.59 Å². The Bertz CT molecular complexity index is 180. The molecule has 102 valence electrons. The molecule has 0 atom stereocenters. The Hall–Kier alpha value is -1.22. The molecule has 0 aromatic heterocycles. The largest absolute Gasteiger partial charge is 0.369 e. The van der Waals surface area contributed by atoms with Crippen molar-refractivity contribution in [1.29, 1.82) is 0 Å². The standard InChI is InChI=1S/C6H18N4.C3H6N2O2/c7-1-3-9-5-6-10-4-2-8;4-2(6)1-3(5)7/h9-10H,1-8H2;1H2,(H2,4,6)(H2,5,7). The summed E-state index contributed by atoms with van der Waals surface area (Å²) < 4.78 is 0. The van der Waals surface area contributed by atoms with E-state index in [1.165, 1.54) is 0 Å². The zero-order valence-electron chi connectivity index (χ0n) is 10.1. The predicted molar refractivity (Wildman–Crippen MR) is 66.9 cm³/mol. The molecule has 0 saturated heterocycles. The van der Waals surface area contributed by atoms with E-state index in [4.69, 9.17) is 11.5 Å². The number of carbonyl (C=O) groups excluding carboxylic acids is 2. The van der Waals surface area contributed by atoms with Crippen LogP contribution in [0.4, 0.5) is 0 Å². The first-order valence-corrected chi connectivity index (χ1v) is 5.42. The van der Waals surface area contributed by atoms with Crippen LogP contribution >= 0.6 is 0 Å². The highest BCUT2D eigenvalue weighted by Gasteiger charge is 1.96. The smallest absolute Gasteiger partial charge is 0.226 e. The Balaban J connectivity index is 0. The second-order valence-electron chi connectivity index (χ2n) is 3.19. The van der Waals surface area contributed by atoms with Crippen LogP contribution in [0.5, 0.6) is 0 Å². The van der Waals surface area contributed by atoms with Gasteiger partial charge in [-0.05, 0) is 0 Å². The van der Waals surface area contributed by atoms with Crippen LogP contribution in [0.2, 0.25) is 0 Å². The van der Waals surface area contributed by atoms with E-state index in [9.17, 15) is 9.59 Å². The van der Waals surface area contributed by atoms with Crippen molar-refractivity contribution >= 4 is 11.8 Å². The first-order valence-electron chi connectivity index (χ1n) is 5.42. The molecule has 10 N–H and O–H groups in total. The first-order chi connectivity index (χ1) is 8.04. The average Bonchev–Trinajstić information content (AvgIpc) is 2.22. The molecule has 0 spiro atoms. The topological polar surface area (TPSA) is 162 Å². The molecule has 8 heteroatoms. The number of hydrogen-bond donors (Lipinski definition) is 6. The maximum atomic E-state index is 9.73. The zero-order valence-corrected chi connectivity index (χ0v) is 10.1. The molecule has 0 saturated carbocycles. The molecule has 0 aromatic carbocycles. The third kappa shape index (κ3) is 25.2. The van der Waals surface area contributed by atoms with Gasteiger partial charge in [-0.2, -0.15) is 0 Å². The average molecular weight is 248 g/mol. The maximum absolute atomic E-state index is 9.73. The third-order valence-electron chi connectivity index (χ3n) is 1.47. The molecule has 0 radical (unpaired) electrons. The Kier molecular flexibility index (Phi) is 15.8. The van der Waals surface area contributed by atoms with Gasteiger partial charge in [0.1, 0.15) is 6.42 Å². The molecule has 8 nitrogen and oxygen atoms in total. The summed E-state index contributed by atoms with van der Waals surface area (Å²) in [6, 6.07) is 0. The van der Waals surface area contributed by atoms with E-state index in [-0.39, 0.29) is 6.42 Å². The van der Waals surface area contributed by atoms with Crippen molar-refractivity contribution in [2.45, 2.75) is 6.42 Å². The second kappa shape index (κ2) is 14.8. The lowest BCUT2D eigenvalue weighted by atomic mass is 10.4. The van der Waals surface area contributed by atoms with Crippen LogP contribution < -0.4 is 33.6 Å². The molecule has 0 unspecified atom stereocenters. The SMILES string of the molecule is NC(=O)CC(N)=O.NCCNCCNCCN. The minimum absolute atomic E-state index is 0.361. The highest BCUT2D eigenvalue weighted by atomic mass is 16.2. The summed E-state index contributed by atoms with van der Waals surface area (Å²) in [6.45, 7) is 5.14. The number of nitrogens with two attached hydrogens (primary N) is 4. The monoisotopic (exact) mass is 248 g/mol. The summed E-state index contributed by atoms with van der Waals surface area (Å²) in [7, 11) is 0. The van der Waals surface area contributed by atoms with Crippen LogP contribution in [0, 0.1) is 0 Å². The maximum Gasteiger partial charge on any atom is 0.226 e. The van der Waals surface area contributed by atoms with Crippen molar-refractivity contribution in [3.8, 4) is 0 Å². The Morgan fingerprint density at radius 2 is 1.12 bits per heavy atom. The predicted octanol–water partition coefficient (Wildman–Crippen LogP) is -3.57. The summed E-state index contributed by atoms with van der Waals surface area (Å²) in [5.74, 6) is -1.37. The molecule has 2 amide bonds. The van der Waals surface area contributed by atoms with Gasteiger partial charge in [0.25, 0.3) is 0 Å². The van der Waals surface area contributed by atoms with E-state index in [0.717, 1.165) is 26.2 Å². The molecule has 0 aliphatic rings. The van der Waals surface area contributed by atoms with Crippen LogP contribution in [0.25, 0.3) is 0 Å². The highest BCUT2D eigenvalue weighted by Crippen LogP contribution is 1.68. The molecule has 0 aromatic rings. The summed E-state index contributed by atoms with van der Waals surface area (Å²) in [5, 5.41) is 6.33. The van der Waals surface area contributed by atoms with Gasteiger partial charge in [0, 0.05) is 39.3 Å². The summed E-state index contributed by atoms with van der Waals surface area (Å²) in [4.78, 5) is 19.5. The third-order valence-corrected chi connectivity index (χ3v) is 1.47. The number of nitrogens with one attached hydrogen (secondary N) is 2. The normalized spacial score (nSPS) is 9.29. The van der Waals surface area contributed by atoms with Gasteiger partial charge < -0.3 is 33.6 Å². The Morgan fingerprint density at radius 1 is 0.765 bits per heavy atom. The highest BCUT2D eigenvalue weighted by molar-refractivity contribution is 5.95. The van der Waals surface area contributed by atoms with Gasteiger partial charge in [-0.15, -0.1) is 0 Å². The molecular weight excluding hydrogens is 224 g/mol. The van der Waals surface area contributed by atoms with E-state index in [1.807, 2.05) is 0 Å². The van der Waals surface area contributed by atoms with Crippen LogP contribution in [-0.2, 0) is 9.59 Å². The van der Waals surface area contributed by atoms with E-state index in [2.05, 4.69) is 22.1 Å². The Morgan fingerprint density at radius 3 is 1.29 bits per heavy atom. The van der Waals surface area contributed by atoms with Crippen LogP contribution in [0.1, 0.15) is 6.42 Å². The van der Waals surface area contributed by atoms with Crippen LogP contribution in [0.3, 0.4) is 0 Å². The molecule has 0 fully saturated rings. The lowest BCUT2D eigenvalue weighted by Crippen LogP contribution is -2.32. The van der Waals surface area contributed by atoms with E-state index < -0.39 is 11.8 Å². The lowest BCUT2D eigenvalue weighted by molar-refractivity contribution is -0.125. The van der Waals surface area contributed by atoms with Crippen molar-refractivity contribution < 1.29 is 9.59 Å². The molecule has 0 rings (SSSR count). The minimum Gasteiger partial charge on any atom is -0.369 e. The van der Waals surface area contributed by atoms with Gasteiger partial charge in [-0.1, -0.05) is 0 Å². The van der Waals surface area contributed by atoms with Crippen molar-refractivity contribution in [2.24, 2.45) is 22.9 Å². The van der Waals surface area contributed by atoms with Gasteiger partial charge >= 0.3 is 0 Å².